The van der Waals surface area contributed by atoms with Gasteiger partial charge >= 0.3 is 0 Å². The van der Waals surface area contributed by atoms with Crippen LogP contribution in [0.2, 0.25) is 0 Å². The number of hydrogen-bond acceptors (Lipinski definition) is 1. The van der Waals surface area contributed by atoms with Crippen molar-refractivity contribution in [3.8, 4) is 12.3 Å². The highest BCUT2D eigenvalue weighted by atomic mass is 32.2. The predicted octanol–water partition coefficient (Wildman–Crippen LogP) is 5.14. The fourth-order valence-corrected chi connectivity index (χ4v) is 3.93. The molecule has 0 radical (unpaired) electrons. The smallest absolute Gasteiger partial charge is 0.00946 e. The minimum absolute atomic E-state index is 0.830. The second-order valence-corrected chi connectivity index (χ2v) is 6.54. The Kier molecular flexibility index (Phi) is 5.68. The van der Waals surface area contributed by atoms with Gasteiger partial charge in [0.2, 0.25) is 0 Å². The largest absolute Gasteiger partial charge is 0.123 e. The van der Waals surface area contributed by atoms with Gasteiger partial charge in [-0.3, -0.25) is 0 Å². The number of hydrogen-bond donors (Lipinski definition) is 0. The van der Waals surface area contributed by atoms with Crippen LogP contribution >= 0.6 is 11.8 Å². The van der Waals surface area contributed by atoms with Crippen LogP contribution in [0.1, 0.15) is 44.9 Å². The Hall–Kier alpha value is -0.870. The molecule has 0 amide bonds. The van der Waals surface area contributed by atoms with E-state index in [9.17, 15) is 0 Å². The molecule has 0 nitrogen and oxygen atoms in total. The van der Waals surface area contributed by atoms with Gasteiger partial charge in [0.15, 0.2) is 0 Å². The van der Waals surface area contributed by atoms with Crippen molar-refractivity contribution in [2.24, 2.45) is 5.92 Å². The van der Waals surface area contributed by atoms with Crippen molar-refractivity contribution < 1.29 is 0 Å². The summed E-state index contributed by atoms with van der Waals surface area (Å²) >= 11 is 2.06. The van der Waals surface area contributed by atoms with Gasteiger partial charge in [-0.2, -0.15) is 0 Å². The Bertz CT molecular complexity index is 368. The molecule has 1 aliphatic rings. The van der Waals surface area contributed by atoms with E-state index in [4.69, 9.17) is 6.42 Å². The lowest BCUT2D eigenvalue weighted by atomic mass is 9.85. The zero-order valence-electron chi connectivity index (χ0n) is 11.0. The number of unbranched alkanes of at least 4 members (excludes halogenated alkanes) is 1. The lowest BCUT2D eigenvalue weighted by Gasteiger charge is -2.28. The Labute approximate surface area is 116 Å². The molecule has 1 saturated carbocycles. The molecule has 18 heavy (non-hydrogen) atoms. The van der Waals surface area contributed by atoms with Gasteiger partial charge in [0.25, 0.3) is 0 Å². The minimum atomic E-state index is 0.830. The van der Waals surface area contributed by atoms with Crippen LogP contribution in [0, 0.1) is 18.3 Å². The SMILES string of the molecule is C#CCCCC1CCC(Sc2ccccc2)CC1. The Morgan fingerprint density at radius 2 is 1.83 bits per heavy atom. The first kappa shape index (κ1) is 13.6. The van der Waals surface area contributed by atoms with E-state index >= 15 is 0 Å². The summed E-state index contributed by atoms with van der Waals surface area (Å²) in [5.41, 5.74) is 0. The molecule has 0 atom stereocenters. The van der Waals surface area contributed by atoms with E-state index in [1.54, 1.807) is 0 Å². The van der Waals surface area contributed by atoms with Crippen molar-refractivity contribution >= 4 is 11.8 Å². The van der Waals surface area contributed by atoms with E-state index < -0.39 is 0 Å². The first-order valence-electron chi connectivity index (χ1n) is 7.03. The normalized spacial score (nSPS) is 23.5. The highest BCUT2D eigenvalue weighted by Gasteiger charge is 2.21. The van der Waals surface area contributed by atoms with Gasteiger partial charge in [-0.05, 0) is 56.6 Å². The quantitative estimate of drug-likeness (QED) is 0.520. The van der Waals surface area contributed by atoms with Crippen molar-refractivity contribution in [3.05, 3.63) is 30.3 Å². The zero-order valence-corrected chi connectivity index (χ0v) is 11.8. The molecule has 0 heterocycles. The number of benzene rings is 1. The molecule has 0 unspecified atom stereocenters. The lowest BCUT2D eigenvalue weighted by molar-refractivity contribution is 0.340. The van der Waals surface area contributed by atoms with Gasteiger partial charge in [0.05, 0.1) is 0 Å². The molecular weight excluding hydrogens is 236 g/mol. The van der Waals surface area contributed by atoms with Crippen LogP contribution < -0.4 is 0 Å². The molecule has 0 aliphatic heterocycles. The lowest BCUT2D eigenvalue weighted by Crippen LogP contribution is -2.16. The van der Waals surface area contributed by atoms with Crippen LogP contribution in [0.15, 0.2) is 35.2 Å². The Morgan fingerprint density at radius 1 is 1.11 bits per heavy atom. The monoisotopic (exact) mass is 258 g/mol. The molecule has 96 valence electrons. The summed E-state index contributed by atoms with van der Waals surface area (Å²) in [6.07, 6.45) is 14.4. The average molecular weight is 258 g/mol. The van der Waals surface area contributed by atoms with Crippen LogP contribution in [0.25, 0.3) is 0 Å². The second-order valence-electron chi connectivity index (χ2n) is 5.17. The number of terminal acetylenes is 1. The first-order chi connectivity index (χ1) is 8.88. The maximum atomic E-state index is 5.30. The summed E-state index contributed by atoms with van der Waals surface area (Å²) < 4.78 is 0. The summed E-state index contributed by atoms with van der Waals surface area (Å²) in [5.74, 6) is 3.68. The zero-order chi connectivity index (χ0) is 12.6. The molecule has 2 rings (SSSR count). The summed E-state index contributed by atoms with van der Waals surface area (Å²) in [5, 5.41) is 0.830. The van der Waals surface area contributed by atoms with E-state index in [0.717, 1.165) is 17.6 Å². The van der Waals surface area contributed by atoms with E-state index in [-0.39, 0.29) is 0 Å². The maximum Gasteiger partial charge on any atom is 0.00946 e. The van der Waals surface area contributed by atoms with Gasteiger partial charge < -0.3 is 0 Å². The fourth-order valence-electron chi connectivity index (χ4n) is 2.72. The third kappa shape index (κ3) is 4.42. The highest BCUT2D eigenvalue weighted by Crippen LogP contribution is 2.37. The third-order valence-corrected chi connectivity index (χ3v) is 5.12. The highest BCUT2D eigenvalue weighted by molar-refractivity contribution is 8.00. The van der Waals surface area contributed by atoms with Gasteiger partial charge in [-0.1, -0.05) is 18.2 Å². The van der Waals surface area contributed by atoms with Crippen molar-refractivity contribution in [2.45, 2.75) is 55.1 Å². The molecule has 1 aromatic carbocycles. The van der Waals surface area contributed by atoms with Crippen LogP contribution in [0.3, 0.4) is 0 Å². The molecule has 0 bridgehead atoms. The average Bonchev–Trinajstić information content (AvgIpc) is 2.42. The van der Waals surface area contributed by atoms with Crippen molar-refractivity contribution in [1.82, 2.24) is 0 Å². The molecule has 1 fully saturated rings. The number of thioether (sulfide) groups is 1. The van der Waals surface area contributed by atoms with Crippen molar-refractivity contribution in [2.75, 3.05) is 0 Å². The topological polar surface area (TPSA) is 0 Å². The van der Waals surface area contributed by atoms with Gasteiger partial charge in [-0.25, -0.2) is 0 Å². The van der Waals surface area contributed by atoms with Gasteiger partial charge in [0.1, 0.15) is 0 Å². The molecule has 1 aliphatic carbocycles. The molecule has 0 saturated heterocycles. The molecule has 0 aromatic heterocycles. The molecule has 0 spiro atoms. The number of rotatable bonds is 5. The Balaban J connectivity index is 1.69. The molecule has 1 heteroatoms. The van der Waals surface area contributed by atoms with E-state index in [1.807, 2.05) is 0 Å². The predicted molar refractivity (Wildman–Crippen MR) is 80.7 cm³/mol. The van der Waals surface area contributed by atoms with E-state index in [0.29, 0.717) is 0 Å². The van der Waals surface area contributed by atoms with Gasteiger partial charge in [0, 0.05) is 16.6 Å². The first-order valence-corrected chi connectivity index (χ1v) is 7.91. The second kappa shape index (κ2) is 7.54. The molecule has 1 aromatic rings. The maximum absolute atomic E-state index is 5.30. The molecule has 0 N–H and O–H groups in total. The summed E-state index contributed by atoms with van der Waals surface area (Å²) in [6.45, 7) is 0. The van der Waals surface area contributed by atoms with Crippen LogP contribution in [0.5, 0.6) is 0 Å². The fraction of sp³-hybridized carbons (Fsp3) is 0.529. The van der Waals surface area contributed by atoms with E-state index in [1.165, 1.54) is 43.4 Å². The van der Waals surface area contributed by atoms with Crippen LogP contribution in [-0.4, -0.2) is 5.25 Å². The van der Waals surface area contributed by atoms with Crippen molar-refractivity contribution in [3.63, 3.8) is 0 Å². The third-order valence-electron chi connectivity index (χ3n) is 3.77. The summed E-state index contributed by atoms with van der Waals surface area (Å²) in [6, 6.07) is 10.8. The van der Waals surface area contributed by atoms with Crippen molar-refractivity contribution in [1.29, 1.82) is 0 Å². The van der Waals surface area contributed by atoms with E-state index in [2.05, 4.69) is 48.0 Å². The molecular formula is C17H22S. The Morgan fingerprint density at radius 3 is 2.50 bits per heavy atom. The minimum Gasteiger partial charge on any atom is -0.123 e. The summed E-state index contributed by atoms with van der Waals surface area (Å²) in [4.78, 5) is 1.42. The van der Waals surface area contributed by atoms with Gasteiger partial charge in [-0.15, -0.1) is 24.1 Å². The summed E-state index contributed by atoms with van der Waals surface area (Å²) in [7, 11) is 0. The standard InChI is InChI=1S/C17H22S/c1-2-3-5-8-15-11-13-17(14-12-15)18-16-9-6-4-7-10-16/h1,4,6-7,9-10,15,17H,3,5,8,11-14H2. The van der Waals surface area contributed by atoms with Crippen LogP contribution in [0.4, 0.5) is 0 Å². The van der Waals surface area contributed by atoms with Crippen LogP contribution in [-0.2, 0) is 0 Å².